The van der Waals surface area contributed by atoms with Crippen LogP contribution >= 0.6 is 0 Å². The van der Waals surface area contributed by atoms with Gasteiger partial charge in [0.1, 0.15) is 0 Å². The highest BCUT2D eigenvalue weighted by atomic mass is 16.2. The summed E-state index contributed by atoms with van der Waals surface area (Å²) in [6, 6.07) is 31.8. The number of hydrogen-bond acceptors (Lipinski definition) is 3. The number of carbonyl (C=O) groups excluding carboxylic acids is 2. The first-order valence-corrected chi connectivity index (χ1v) is 14.6. The Bertz CT molecular complexity index is 1130. The Kier molecular flexibility index (Phi) is 9.44. The quantitative estimate of drug-likeness (QED) is 0.349. The highest BCUT2D eigenvalue weighted by molar-refractivity contribution is 5.81. The Morgan fingerprint density at radius 2 is 1.26 bits per heavy atom. The maximum absolute atomic E-state index is 13.3. The monoisotopic (exact) mass is 523 g/mol. The number of rotatable bonds is 10. The lowest BCUT2D eigenvalue weighted by atomic mass is 9.96. The van der Waals surface area contributed by atoms with Crippen LogP contribution in [0.3, 0.4) is 0 Å². The fourth-order valence-corrected chi connectivity index (χ4v) is 6.17. The molecule has 1 aliphatic carbocycles. The van der Waals surface area contributed by atoms with Crippen LogP contribution in [0.25, 0.3) is 0 Å². The van der Waals surface area contributed by atoms with Crippen molar-refractivity contribution < 1.29 is 9.59 Å². The van der Waals surface area contributed by atoms with Gasteiger partial charge in [0.25, 0.3) is 0 Å². The standard InChI is InChI=1S/C34H41N3O2/c38-32(21-23-37(34(39)31-18-10-11-19-31)22-20-28-12-4-1-5-13-28)35-24-26-36(27-25-35)33(29-14-6-2-7-15-29)30-16-8-3-9-17-30/h1-9,12-17,31,33H,10-11,18-27H2. The van der Waals surface area contributed by atoms with Crippen LogP contribution in [0.4, 0.5) is 0 Å². The molecule has 3 aromatic carbocycles. The van der Waals surface area contributed by atoms with Crippen LogP contribution in [-0.2, 0) is 16.0 Å². The van der Waals surface area contributed by atoms with E-state index in [0.717, 1.165) is 58.3 Å². The zero-order valence-electron chi connectivity index (χ0n) is 23.0. The molecule has 0 bridgehead atoms. The van der Waals surface area contributed by atoms with Gasteiger partial charge in [-0.1, -0.05) is 104 Å². The molecule has 1 aliphatic heterocycles. The van der Waals surface area contributed by atoms with Crippen molar-refractivity contribution in [1.29, 1.82) is 0 Å². The zero-order valence-corrected chi connectivity index (χ0v) is 23.0. The fraction of sp³-hybridized carbons (Fsp3) is 0.412. The Balaban J connectivity index is 1.18. The largest absolute Gasteiger partial charge is 0.342 e. The van der Waals surface area contributed by atoms with E-state index < -0.39 is 0 Å². The van der Waals surface area contributed by atoms with Crippen LogP contribution in [0.1, 0.15) is 54.8 Å². The van der Waals surface area contributed by atoms with Gasteiger partial charge >= 0.3 is 0 Å². The molecule has 5 rings (SSSR count). The van der Waals surface area contributed by atoms with E-state index in [1.807, 2.05) is 28.0 Å². The van der Waals surface area contributed by atoms with Gasteiger partial charge in [0.05, 0.1) is 6.04 Å². The Labute approximate surface area is 233 Å². The van der Waals surface area contributed by atoms with Crippen LogP contribution in [0.2, 0.25) is 0 Å². The number of carbonyl (C=O) groups is 2. The van der Waals surface area contributed by atoms with Gasteiger partial charge in [0.2, 0.25) is 11.8 Å². The molecule has 2 amide bonds. The van der Waals surface area contributed by atoms with E-state index in [1.165, 1.54) is 16.7 Å². The van der Waals surface area contributed by atoms with Crippen LogP contribution in [0.5, 0.6) is 0 Å². The van der Waals surface area contributed by atoms with Crippen molar-refractivity contribution in [3.8, 4) is 0 Å². The van der Waals surface area contributed by atoms with Gasteiger partial charge < -0.3 is 9.80 Å². The van der Waals surface area contributed by atoms with Crippen molar-refractivity contribution in [2.45, 2.75) is 44.6 Å². The van der Waals surface area contributed by atoms with Crippen molar-refractivity contribution in [2.24, 2.45) is 5.92 Å². The number of amides is 2. The Morgan fingerprint density at radius 1 is 0.718 bits per heavy atom. The van der Waals surface area contributed by atoms with Crippen molar-refractivity contribution in [1.82, 2.24) is 14.7 Å². The molecule has 0 aromatic heterocycles. The summed E-state index contributed by atoms with van der Waals surface area (Å²) in [5, 5.41) is 0. The minimum atomic E-state index is 0.132. The number of hydrogen-bond donors (Lipinski definition) is 0. The third-order valence-electron chi connectivity index (χ3n) is 8.39. The highest BCUT2D eigenvalue weighted by Crippen LogP contribution is 2.30. The maximum atomic E-state index is 13.3. The first-order chi connectivity index (χ1) is 19.2. The van der Waals surface area contributed by atoms with E-state index in [0.29, 0.717) is 19.5 Å². The molecular weight excluding hydrogens is 482 g/mol. The average molecular weight is 524 g/mol. The first kappa shape index (κ1) is 27.1. The van der Waals surface area contributed by atoms with Gasteiger partial charge in [0.15, 0.2) is 0 Å². The molecule has 1 saturated carbocycles. The summed E-state index contributed by atoms with van der Waals surface area (Å²) < 4.78 is 0. The first-order valence-electron chi connectivity index (χ1n) is 14.6. The molecule has 0 radical (unpaired) electrons. The maximum Gasteiger partial charge on any atom is 0.225 e. The lowest BCUT2D eigenvalue weighted by molar-refractivity contribution is -0.137. The second kappa shape index (κ2) is 13.6. The SMILES string of the molecule is O=C(CCN(CCc1ccccc1)C(=O)C1CCCC1)N1CCN(C(c2ccccc2)c2ccccc2)CC1. The topological polar surface area (TPSA) is 43.9 Å². The normalized spacial score (nSPS) is 16.5. The van der Waals surface area contributed by atoms with E-state index >= 15 is 0 Å². The molecular formula is C34H41N3O2. The molecule has 39 heavy (non-hydrogen) atoms. The van der Waals surface area contributed by atoms with Gasteiger partial charge in [-0.25, -0.2) is 0 Å². The fourth-order valence-electron chi connectivity index (χ4n) is 6.17. The van der Waals surface area contributed by atoms with Gasteiger partial charge in [-0.2, -0.15) is 0 Å². The van der Waals surface area contributed by atoms with E-state index in [2.05, 4.69) is 77.7 Å². The molecule has 0 spiro atoms. The van der Waals surface area contributed by atoms with Crippen LogP contribution in [0.15, 0.2) is 91.0 Å². The second-order valence-corrected chi connectivity index (χ2v) is 10.9. The van der Waals surface area contributed by atoms with E-state index in [1.54, 1.807) is 0 Å². The van der Waals surface area contributed by atoms with Gasteiger partial charge in [-0.15, -0.1) is 0 Å². The zero-order chi connectivity index (χ0) is 26.9. The van der Waals surface area contributed by atoms with Crippen LogP contribution < -0.4 is 0 Å². The Hall–Kier alpha value is -3.44. The van der Waals surface area contributed by atoms with Crippen molar-refractivity contribution in [2.75, 3.05) is 39.3 Å². The number of nitrogens with zero attached hydrogens (tertiary/aromatic N) is 3. The van der Waals surface area contributed by atoms with Crippen molar-refractivity contribution in [3.63, 3.8) is 0 Å². The van der Waals surface area contributed by atoms with Gasteiger partial charge in [0, 0.05) is 51.6 Å². The molecule has 2 aliphatic rings. The minimum absolute atomic E-state index is 0.132. The summed E-state index contributed by atoms with van der Waals surface area (Å²) in [7, 11) is 0. The van der Waals surface area contributed by atoms with E-state index in [4.69, 9.17) is 0 Å². The van der Waals surface area contributed by atoms with Crippen molar-refractivity contribution in [3.05, 3.63) is 108 Å². The molecule has 204 valence electrons. The molecule has 3 aromatic rings. The summed E-state index contributed by atoms with van der Waals surface area (Å²) in [6.07, 6.45) is 5.47. The number of benzene rings is 3. The lowest BCUT2D eigenvalue weighted by Gasteiger charge is -2.40. The molecule has 0 N–H and O–H groups in total. The summed E-state index contributed by atoms with van der Waals surface area (Å²) in [4.78, 5) is 33.1. The second-order valence-electron chi connectivity index (χ2n) is 10.9. The summed E-state index contributed by atoms with van der Waals surface area (Å²) in [6.45, 7) is 4.29. The lowest BCUT2D eigenvalue weighted by Crippen LogP contribution is -2.50. The minimum Gasteiger partial charge on any atom is -0.342 e. The van der Waals surface area contributed by atoms with Crippen LogP contribution in [-0.4, -0.2) is 65.8 Å². The third-order valence-corrected chi connectivity index (χ3v) is 8.39. The molecule has 0 unspecified atom stereocenters. The molecule has 0 atom stereocenters. The third kappa shape index (κ3) is 7.15. The molecule has 1 saturated heterocycles. The van der Waals surface area contributed by atoms with Crippen molar-refractivity contribution >= 4 is 11.8 Å². The highest BCUT2D eigenvalue weighted by Gasteiger charge is 2.30. The average Bonchev–Trinajstić information content (AvgIpc) is 3.54. The van der Waals surface area contributed by atoms with Gasteiger partial charge in [-0.3, -0.25) is 14.5 Å². The van der Waals surface area contributed by atoms with Gasteiger partial charge in [-0.05, 0) is 36.0 Å². The predicted molar refractivity (Wildman–Crippen MR) is 156 cm³/mol. The Morgan fingerprint density at radius 3 is 1.82 bits per heavy atom. The summed E-state index contributed by atoms with van der Waals surface area (Å²) in [5.41, 5.74) is 3.79. The predicted octanol–water partition coefficient (Wildman–Crippen LogP) is 5.57. The van der Waals surface area contributed by atoms with E-state index in [9.17, 15) is 9.59 Å². The molecule has 5 nitrogen and oxygen atoms in total. The summed E-state index contributed by atoms with van der Waals surface area (Å²) >= 11 is 0. The molecule has 2 fully saturated rings. The number of piperazine rings is 1. The summed E-state index contributed by atoms with van der Waals surface area (Å²) in [5.74, 6) is 0.538. The van der Waals surface area contributed by atoms with E-state index in [-0.39, 0.29) is 23.8 Å². The molecule has 5 heteroatoms. The van der Waals surface area contributed by atoms with Crippen LogP contribution in [0, 0.1) is 5.92 Å². The molecule has 1 heterocycles. The smallest absolute Gasteiger partial charge is 0.225 e.